The zero-order valence-corrected chi connectivity index (χ0v) is 23.2. The highest BCUT2D eigenvalue weighted by Crippen LogP contribution is 2.67. The summed E-state index contributed by atoms with van der Waals surface area (Å²) in [4.78, 5) is 29.5. The smallest absolute Gasteiger partial charge is 0.264 e. The molecule has 0 spiro atoms. The molecule has 0 aliphatic heterocycles. The molecule has 0 bridgehead atoms. The summed E-state index contributed by atoms with van der Waals surface area (Å²) in [6, 6.07) is 3.62. The maximum atomic E-state index is 13.5. The molecule has 4 aliphatic rings. The molecule has 1 aromatic heterocycles. The van der Waals surface area contributed by atoms with Gasteiger partial charge < -0.3 is 25.0 Å². The van der Waals surface area contributed by atoms with Crippen LogP contribution in [-0.2, 0) is 9.53 Å². The lowest BCUT2D eigenvalue weighted by Crippen LogP contribution is -2.61. The van der Waals surface area contributed by atoms with Gasteiger partial charge in [0, 0.05) is 31.0 Å². The van der Waals surface area contributed by atoms with Crippen LogP contribution >= 0.6 is 11.3 Å². The second-order valence-electron chi connectivity index (χ2n) is 12.4. The second kappa shape index (κ2) is 9.56. The first kappa shape index (κ1) is 27.0. The molecule has 204 valence electrons. The van der Waals surface area contributed by atoms with Gasteiger partial charge in [-0.15, -0.1) is 11.3 Å². The number of amides is 1. The molecule has 4 aliphatic carbocycles. The molecule has 3 saturated carbocycles. The van der Waals surface area contributed by atoms with Crippen LogP contribution < -0.4 is 0 Å². The van der Waals surface area contributed by atoms with Gasteiger partial charge in [-0.1, -0.05) is 19.9 Å². The minimum atomic E-state index is -1.14. The first-order valence-electron chi connectivity index (χ1n) is 13.7. The number of thiophene rings is 1. The van der Waals surface area contributed by atoms with Gasteiger partial charge in [0.05, 0.1) is 29.3 Å². The van der Waals surface area contributed by atoms with Crippen LogP contribution in [0.1, 0.15) is 69.0 Å². The number of nitrogens with zero attached hydrogens (tertiary/aromatic N) is 1. The van der Waals surface area contributed by atoms with Crippen LogP contribution in [0.25, 0.3) is 0 Å². The quantitative estimate of drug-likeness (QED) is 0.519. The maximum Gasteiger partial charge on any atom is 0.264 e. The number of fused-ring (bicyclic) bond motifs is 5. The zero-order valence-electron chi connectivity index (χ0n) is 22.4. The number of methoxy groups -OCH3 is 1. The van der Waals surface area contributed by atoms with Gasteiger partial charge in [0.1, 0.15) is 0 Å². The Kier molecular flexibility index (Phi) is 6.98. The van der Waals surface area contributed by atoms with Crippen molar-refractivity contribution in [3.05, 3.63) is 34.0 Å². The highest BCUT2D eigenvalue weighted by atomic mass is 32.1. The minimum absolute atomic E-state index is 0.00978. The number of allylic oxidation sites excluding steroid dienone is 1. The van der Waals surface area contributed by atoms with E-state index in [0.717, 1.165) is 24.8 Å². The molecule has 0 aromatic carbocycles. The molecule has 0 saturated heterocycles. The molecule has 1 amide bonds. The first-order chi connectivity index (χ1) is 17.5. The number of aliphatic hydroxyl groups excluding tert-OH is 2. The van der Waals surface area contributed by atoms with E-state index in [1.54, 1.807) is 13.2 Å². The van der Waals surface area contributed by atoms with E-state index in [1.807, 2.05) is 22.4 Å². The van der Waals surface area contributed by atoms with Crippen LogP contribution in [0.15, 0.2) is 29.2 Å². The van der Waals surface area contributed by atoms with Gasteiger partial charge >= 0.3 is 0 Å². The predicted octanol–water partition coefficient (Wildman–Crippen LogP) is 3.43. The van der Waals surface area contributed by atoms with Crippen molar-refractivity contribution in [3.63, 3.8) is 0 Å². The molecular weight excluding hydrogens is 490 g/mol. The molecular formula is C29H41NO6S. The lowest BCUT2D eigenvalue weighted by molar-refractivity contribution is -0.153. The van der Waals surface area contributed by atoms with Gasteiger partial charge in [0.15, 0.2) is 5.78 Å². The van der Waals surface area contributed by atoms with Crippen molar-refractivity contribution in [2.24, 2.45) is 28.6 Å². The minimum Gasteiger partial charge on any atom is -0.390 e. The van der Waals surface area contributed by atoms with Crippen molar-refractivity contribution in [2.45, 2.75) is 83.1 Å². The van der Waals surface area contributed by atoms with Crippen molar-refractivity contribution in [3.8, 4) is 0 Å². The number of rotatable bonds is 6. The van der Waals surface area contributed by atoms with E-state index in [2.05, 4.69) is 20.8 Å². The molecule has 3 N–H and O–H groups in total. The Morgan fingerprint density at radius 1 is 1.22 bits per heavy atom. The van der Waals surface area contributed by atoms with Crippen molar-refractivity contribution < 1.29 is 29.6 Å². The van der Waals surface area contributed by atoms with Crippen LogP contribution in [0.5, 0.6) is 0 Å². The van der Waals surface area contributed by atoms with Gasteiger partial charge in [0.25, 0.3) is 5.91 Å². The molecule has 37 heavy (non-hydrogen) atoms. The summed E-state index contributed by atoms with van der Waals surface area (Å²) in [6.45, 7) is 7.20. The average Bonchev–Trinajstić information content (AvgIpc) is 3.48. The summed E-state index contributed by atoms with van der Waals surface area (Å²) < 4.78 is 5.34. The van der Waals surface area contributed by atoms with Gasteiger partial charge in [-0.05, 0) is 85.8 Å². The molecule has 9 atom stereocenters. The molecule has 5 rings (SSSR count). The summed E-state index contributed by atoms with van der Waals surface area (Å²) in [7, 11) is 1.64. The fraction of sp³-hybridized carbons (Fsp3) is 0.724. The third-order valence-corrected chi connectivity index (χ3v) is 11.7. The Morgan fingerprint density at radius 3 is 2.65 bits per heavy atom. The van der Waals surface area contributed by atoms with Crippen LogP contribution in [0, 0.1) is 28.6 Å². The maximum absolute atomic E-state index is 13.5. The van der Waals surface area contributed by atoms with Crippen LogP contribution in [0.3, 0.4) is 0 Å². The van der Waals surface area contributed by atoms with E-state index in [1.165, 1.54) is 11.3 Å². The molecule has 3 fully saturated rings. The summed E-state index contributed by atoms with van der Waals surface area (Å²) in [5, 5.41) is 35.2. The largest absolute Gasteiger partial charge is 0.390 e. The molecule has 8 heteroatoms. The van der Waals surface area contributed by atoms with E-state index >= 15 is 0 Å². The molecule has 9 unspecified atom stereocenters. The lowest BCUT2D eigenvalue weighted by atomic mass is 9.46. The topological polar surface area (TPSA) is 107 Å². The predicted molar refractivity (Wildman–Crippen MR) is 141 cm³/mol. The Labute approximate surface area is 223 Å². The first-order valence-corrected chi connectivity index (χ1v) is 14.5. The molecule has 1 aromatic rings. The fourth-order valence-electron chi connectivity index (χ4n) is 8.62. The Hall–Kier alpha value is -1.58. The standard InChI is InChI=1S/C29H41NO6S/c1-17(30(11-12-36-4)26(34)25-6-5-13-37-25)18-8-10-29(35)20-14-22(31)21-15-23(32)24(33)16-27(21,2)19(20)7-9-28(18,29)3/h5-6,13-14,17-19,21,23-24,32-33,35H,7-12,15-16H2,1-4H3. The normalized spacial score (nSPS) is 41.9. The molecule has 7 nitrogen and oxygen atoms in total. The SMILES string of the molecule is COCCN(C(=O)c1cccs1)C(C)C1CCC2(O)C3=CC(=O)C4CC(O)C(O)CC4(C)C3CCC12C. The van der Waals surface area contributed by atoms with E-state index in [9.17, 15) is 24.9 Å². The highest BCUT2D eigenvalue weighted by Gasteiger charge is 2.67. The second-order valence-corrected chi connectivity index (χ2v) is 13.3. The van der Waals surface area contributed by atoms with Gasteiger partial charge in [-0.25, -0.2) is 0 Å². The van der Waals surface area contributed by atoms with Gasteiger partial charge in [-0.3, -0.25) is 9.59 Å². The Morgan fingerprint density at radius 2 is 1.97 bits per heavy atom. The van der Waals surface area contributed by atoms with Crippen molar-refractivity contribution in [2.75, 3.05) is 20.3 Å². The summed E-state index contributed by atoms with van der Waals surface area (Å²) in [5.74, 6) is -0.342. The van der Waals surface area contributed by atoms with Gasteiger partial charge in [0.2, 0.25) is 0 Å². The zero-order chi connectivity index (χ0) is 26.8. The summed E-state index contributed by atoms with van der Waals surface area (Å²) in [5.41, 5.74) is -1.30. The number of ether oxygens (including phenoxy) is 1. The summed E-state index contributed by atoms with van der Waals surface area (Å²) in [6.07, 6.45) is 3.47. The van der Waals surface area contributed by atoms with E-state index in [-0.39, 0.29) is 41.9 Å². The van der Waals surface area contributed by atoms with Crippen molar-refractivity contribution in [1.29, 1.82) is 0 Å². The average molecular weight is 532 g/mol. The van der Waals surface area contributed by atoms with Crippen LogP contribution in [-0.4, -0.2) is 76.0 Å². The van der Waals surface area contributed by atoms with Gasteiger partial charge in [-0.2, -0.15) is 0 Å². The van der Waals surface area contributed by atoms with Crippen molar-refractivity contribution in [1.82, 2.24) is 4.90 Å². The third-order valence-electron chi connectivity index (χ3n) is 10.8. The number of ketones is 1. The fourth-order valence-corrected chi connectivity index (χ4v) is 9.30. The molecule has 0 radical (unpaired) electrons. The Balaban J connectivity index is 1.47. The number of hydrogen-bond donors (Lipinski definition) is 3. The lowest BCUT2D eigenvalue weighted by Gasteiger charge is -2.60. The van der Waals surface area contributed by atoms with Crippen LogP contribution in [0.2, 0.25) is 0 Å². The number of hydrogen-bond acceptors (Lipinski definition) is 7. The third kappa shape index (κ3) is 3.97. The number of aliphatic hydroxyl groups is 3. The highest BCUT2D eigenvalue weighted by molar-refractivity contribution is 7.12. The van der Waals surface area contributed by atoms with Crippen molar-refractivity contribution >= 4 is 23.0 Å². The Bertz CT molecular complexity index is 1070. The van der Waals surface area contributed by atoms with E-state index < -0.39 is 28.6 Å². The number of carbonyl (C=O) groups is 2. The van der Waals surface area contributed by atoms with E-state index in [4.69, 9.17) is 4.74 Å². The monoisotopic (exact) mass is 531 g/mol. The van der Waals surface area contributed by atoms with E-state index in [0.29, 0.717) is 30.9 Å². The van der Waals surface area contributed by atoms with Crippen LogP contribution in [0.4, 0.5) is 0 Å². The summed E-state index contributed by atoms with van der Waals surface area (Å²) >= 11 is 1.43. The molecule has 1 heterocycles. The number of carbonyl (C=O) groups excluding carboxylic acids is 2.